The first-order valence-corrected chi connectivity index (χ1v) is 7.50. The molecule has 20 heavy (non-hydrogen) atoms. The Morgan fingerprint density at radius 1 is 1.40 bits per heavy atom. The predicted octanol–water partition coefficient (Wildman–Crippen LogP) is 1.73. The lowest BCUT2D eigenvalue weighted by atomic mass is 9.65. The second-order valence-corrected chi connectivity index (χ2v) is 6.25. The highest BCUT2D eigenvalue weighted by molar-refractivity contribution is 5.58. The first-order valence-electron chi connectivity index (χ1n) is 7.50. The second-order valence-electron chi connectivity index (χ2n) is 6.25. The molecule has 2 aliphatic heterocycles. The Bertz CT molecular complexity index is 545. The summed E-state index contributed by atoms with van der Waals surface area (Å²) in [7, 11) is 1.69. The van der Waals surface area contributed by atoms with Crippen LogP contribution in [-0.4, -0.2) is 31.0 Å². The van der Waals surface area contributed by atoms with Crippen molar-refractivity contribution in [3.8, 4) is 11.5 Å². The highest BCUT2D eigenvalue weighted by Gasteiger charge is 2.53. The van der Waals surface area contributed by atoms with Gasteiger partial charge in [0.05, 0.1) is 13.2 Å². The predicted molar refractivity (Wildman–Crippen MR) is 75.3 cm³/mol. The van der Waals surface area contributed by atoms with Crippen LogP contribution in [0.25, 0.3) is 0 Å². The minimum absolute atomic E-state index is 0.0714. The van der Waals surface area contributed by atoms with Crippen LogP contribution in [0.1, 0.15) is 36.8 Å². The minimum atomic E-state index is -0.231. The topological polar surface area (TPSA) is 50.7 Å². The third-order valence-electron chi connectivity index (χ3n) is 5.28. The van der Waals surface area contributed by atoms with Crippen molar-refractivity contribution < 1.29 is 14.6 Å². The number of rotatable bonds is 1. The Hall–Kier alpha value is -1.26. The van der Waals surface area contributed by atoms with Crippen LogP contribution in [-0.2, 0) is 12.0 Å². The Balaban J connectivity index is 1.91. The molecule has 4 rings (SSSR count). The number of ether oxygens (including phenoxy) is 2. The highest BCUT2D eigenvalue weighted by atomic mass is 16.5. The van der Waals surface area contributed by atoms with E-state index in [2.05, 4.69) is 11.4 Å². The van der Waals surface area contributed by atoms with Crippen molar-refractivity contribution in [3.05, 3.63) is 23.3 Å². The maximum absolute atomic E-state index is 10.0. The molecule has 4 nitrogen and oxygen atoms in total. The van der Waals surface area contributed by atoms with Gasteiger partial charge in [-0.2, -0.15) is 0 Å². The molecule has 3 aliphatic rings. The van der Waals surface area contributed by atoms with Crippen molar-refractivity contribution in [2.24, 2.45) is 0 Å². The van der Waals surface area contributed by atoms with Crippen LogP contribution in [0, 0.1) is 0 Å². The van der Waals surface area contributed by atoms with Gasteiger partial charge in [-0.1, -0.05) is 6.07 Å². The van der Waals surface area contributed by atoms with E-state index in [-0.39, 0.29) is 17.6 Å². The summed E-state index contributed by atoms with van der Waals surface area (Å²) in [6.07, 6.45) is 3.56. The van der Waals surface area contributed by atoms with Gasteiger partial charge >= 0.3 is 0 Å². The molecule has 1 spiro atoms. The molecule has 1 aromatic rings. The zero-order chi connectivity index (χ0) is 13.7. The zero-order valence-corrected chi connectivity index (χ0v) is 11.8. The third kappa shape index (κ3) is 1.55. The molecule has 2 N–H and O–H groups in total. The minimum Gasteiger partial charge on any atom is -0.493 e. The summed E-state index contributed by atoms with van der Waals surface area (Å²) in [4.78, 5) is 0. The monoisotopic (exact) mass is 275 g/mol. The molecule has 1 aliphatic carbocycles. The van der Waals surface area contributed by atoms with Crippen molar-refractivity contribution in [2.75, 3.05) is 13.7 Å². The van der Waals surface area contributed by atoms with Gasteiger partial charge in [0.2, 0.25) is 0 Å². The molecule has 2 heterocycles. The molecule has 0 bridgehead atoms. The summed E-state index contributed by atoms with van der Waals surface area (Å²) in [5.41, 5.74) is 2.75. The number of aliphatic hydroxyl groups is 1. The fourth-order valence-electron chi connectivity index (χ4n) is 4.29. The Labute approximate surface area is 119 Å². The molecule has 1 saturated carbocycles. The van der Waals surface area contributed by atoms with Gasteiger partial charge in [0, 0.05) is 23.9 Å². The van der Waals surface area contributed by atoms with E-state index in [1.54, 1.807) is 7.11 Å². The number of nitrogens with one attached hydrogen (secondary N) is 1. The molecule has 0 amide bonds. The molecule has 3 atom stereocenters. The van der Waals surface area contributed by atoms with Gasteiger partial charge in [-0.15, -0.1) is 0 Å². The average Bonchev–Trinajstić information content (AvgIpc) is 2.66. The van der Waals surface area contributed by atoms with Crippen LogP contribution < -0.4 is 14.8 Å². The van der Waals surface area contributed by atoms with E-state index in [4.69, 9.17) is 9.47 Å². The van der Waals surface area contributed by atoms with Gasteiger partial charge in [0.1, 0.15) is 6.10 Å². The molecule has 0 radical (unpaired) electrons. The maximum atomic E-state index is 10.0. The van der Waals surface area contributed by atoms with Gasteiger partial charge in [-0.3, -0.25) is 0 Å². The van der Waals surface area contributed by atoms with Gasteiger partial charge in [0.25, 0.3) is 0 Å². The van der Waals surface area contributed by atoms with Crippen molar-refractivity contribution in [1.82, 2.24) is 5.32 Å². The summed E-state index contributed by atoms with van der Waals surface area (Å²) < 4.78 is 11.8. The molecular weight excluding hydrogens is 254 g/mol. The van der Waals surface area contributed by atoms with E-state index in [0.717, 1.165) is 50.3 Å². The maximum Gasteiger partial charge on any atom is 0.165 e. The molecule has 108 valence electrons. The fourth-order valence-corrected chi connectivity index (χ4v) is 4.29. The zero-order valence-electron chi connectivity index (χ0n) is 11.8. The van der Waals surface area contributed by atoms with Gasteiger partial charge in [-0.25, -0.2) is 0 Å². The van der Waals surface area contributed by atoms with Crippen molar-refractivity contribution in [1.29, 1.82) is 0 Å². The largest absolute Gasteiger partial charge is 0.493 e. The SMILES string of the molecule is COc1ccc2c3c1O[C@H]1C[C@H](O)CC[C@@]31CCNC2. The van der Waals surface area contributed by atoms with Crippen LogP contribution in [0.4, 0.5) is 0 Å². The molecule has 0 aromatic heterocycles. The van der Waals surface area contributed by atoms with Crippen molar-refractivity contribution >= 4 is 0 Å². The van der Waals surface area contributed by atoms with E-state index < -0.39 is 0 Å². The van der Waals surface area contributed by atoms with Crippen LogP contribution in [0.2, 0.25) is 0 Å². The van der Waals surface area contributed by atoms with Crippen molar-refractivity contribution in [2.45, 2.75) is 49.9 Å². The number of benzene rings is 1. The Morgan fingerprint density at radius 2 is 2.30 bits per heavy atom. The van der Waals surface area contributed by atoms with Gasteiger partial charge < -0.3 is 19.9 Å². The Kier molecular flexibility index (Phi) is 2.72. The Morgan fingerprint density at radius 3 is 3.15 bits per heavy atom. The summed E-state index contributed by atoms with van der Waals surface area (Å²) >= 11 is 0. The second kappa shape index (κ2) is 4.37. The summed E-state index contributed by atoms with van der Waals surface area (Å²) in [6.45, 7) is 1.90. The number of aliphatic hydroxyl groups excluding tert-OH is 1. The number of methoxy groups -OCH3 is 1. The van der Waals surface area contributed by atoms with Crippen LogP contribution in [0.5, 0.6) is 11.5 Å². The standard InChI is InChI=1S/C16H21NO3/c1-19-12-3-2-10-9-17-7-6-16-5-4-11(18)8-13(16)20-15(12)14(10)16/h2-3,11,13,17-18H,4-9H2,1H3/t11-,13+,16+/m1/s1. The first kappa shape index (κ1) is 12.5. The third-order valence-corrected chi connectivity index (χ3v) is 5.28. The highest BCUT2D eigenvalue weighted by Crippen LogP contribution is 2.56. The van der Waals surface area contributed by atoms with E-state index in [1.165, 1.54) is 11.1 Å². The smallest absolute Gasteiger partial charge is 0.165 e. The molecule has 1 aromatic carbocycles. The molecule has 0 unspecified atom stereocenters. The lowest BCUT2D eigenvalue weighted by molar-refractivity contribution is 0.0142. The normalized spacial score (nSPS) is 34.7. The lowest BCUT2D eigenvalue weighted by Crippen LogP contribution is -2.45. The van der Waals surface area contributed by atoms with Crippen LogP contribution >= 0.6 is 0 Å². The molecule has 4 heteroatoms. The number of hydrogen-bond donors (Lipinski definition) is 2. The summed E-state index contributed by atoms with van der Waals surface area (Å²) in [5, 5.41) is 13.5. The molecular formula is C16H21NO3. The first-order chi connectivity index (χ1) is 9.74. The van der Waals surface area contributed by atoms with E-state index in [9.17, 15) is 5.11 Å². The molecule has 1 fully saturated rings. The van der Waals surface area contributed by atoms with Gasteiger partial charge in [0.15, 0.2) is 11.5 Å². The van der Waals surface area contributed by atoms with Gasteiger partial charge in [-0.05, 0) is 37.4 Å². The quantitative estimate of drug-likeness (QED) is 0.819. The van der Waals surface area contributed by atoms with E-state index >= 15 is 0 Å². The number of hydrogen-bond acceptors (Lipinski definition) is 4. The fraction of sp³-hybridized carbons (Fsp3) is 0.625. The van der Waals surface area contributed by atoms with Crippen LogP contribution in [0.3, 0.4) is 0 Å². The summed E-state index contributed by atoms with van der Waals surface area (Å²) in [5.74, 6) is 1.75. The van der Waals surface area contributed by atoms with E-state index in [1.807, 2.05) is 6.07 Å². The van der Waals surface area contributed by atoms with Crippen LogP contribution in [0.15, 0.2) is 12.1 Å². The average molecular weight is 275 g/mol. The van der Waals surface area contributed by atoms with E-state index in [0.29, 0.717) is 0 Å². The summed E-state index contributed by atoms with van der Waals surface area (Å²) in [6, 6.07) is 4.16. The van der Waals surface area contributed by atoms with Crippen molar-refractivity contribution in [3.63, 3.8) is 0 Å². The molecule has 0 saturated heterocycles. The lowest BCUT2D eigenvalue weighted by Gasteiger charge is -2.39.